The number of aryl methyl sites for hydroxylation is 2. The molecule has 0 aliphatic heterocycles. The van der Waals surface area contributed by atoms with E-state index in [0.29, 0.717) is 5.56 Å². The summed E-state index contributed by atoms with van der Waals surface area (Å²) in [6.07, 6.45) is -0.554. The second-order valence-corrected chi connectivity index (χ2v) is 4.93. The maximum absolute atomic E-state index is 12.5. The van der Waals surface area contributed by atoms with Gasteiger partial charge in [-0.15, -0.1) is 0 Å². The van der Waals surface area contributed by atoms with Gasteiger partial charge in [0, 0.05) is 12.1 Å². The van der Waals surface area contributed by atoms with Crippen LogP contribution in [0, 0.1) is 13.8 Å². The van der Waals surface area contributed by atoms with E-state index in [9.17, 15) is 14.4 Å². The van der Waals surface area contributed by atoms with Crippen molar-refractivity contribution in [1.82, 2.24) is 5.32 Å². The Hall–Kier alpha value is -2.21. The van der Waals surface area contributed by atoms with E-state index in [-0.39, 0.29) is 25.2 Å². The molecular weight excluding hydrogens is 274 g/mol. The molecule has 1 unspecified atom stereocenters. The van der Waals surface area contributed by atoms with Gasteiger partial charge in [-0.3, -0.25) is 14.4 Å². The Morgan fingerprint density at radius 3 is 2.38 bits per heavy atom. The average Bonchev–Trinajstić information content (AvgIpc) is 2.39. The summed E-state index contributed by atoms with van der Waals surface area (Å²) in [5.74, 6) is -2.44. The van der Waals surface area contributed by atoms with Crippen molar-refractivity contribution in [2.75, 3.05) is 6.54 Å². The van der Waals surface area contributed by atoms with E-state index < -0.39 is 18.0 Å². The molecule has 0 aliphatic carbocycles. The van der Waals surface area contributed by atoms with Crippen LogP contribution in [0.3, 0.4) is 0 Å². The van der Waals surface area contributed by atoms with E-state index in [4.69, 9.17) is 10.2 Å². The van der Waals surface area contributed by atoms with Crippen molar-refractivity contribution < 1.29 is 24.6 Å². The number of carboxylic acid groups (broad SMARTS) is 2. The van der Waals surface area contributed by atoms with Gasteiger partial charge in [-0.1, -0.05) is 17.7 Å². The van der Waals surface area contributed by atoms with Gasteiger partial charge >= 0.3 is 11.9 Å². The minimum Gasteiger partial charge on any atom is -0.481 e. The SMILES string of the molecule is Cc1ccc(C)c(C(=O)C(CC(=O)O)NCCC(=O)O)c1. The molecule has 0 radical (unpaired) electrons. The Labute approximate surface area is 122 Å². The molecule has 0 bridgehead atoms. The lowest BCUT2D eigenvalue weighted by atomic mass is 9.96. The third-order valence-electron chi connectivity index (χ3n) is 3.08. The van der Waals surface area contributed by atoms with Gasteiger partial charge in [-0.2, -0.15) is 0 Å². The number of rotatable bonds is 8. The Kier molecular flexibility index (Phi) is 6.05. The van der Waals surface area contributed by atoms with E-state index in [1.165, 1.54) is 0 Å². The lowest BCUT2D eigenvalue weighted by Crippen LogP contribution is -2.40. The second-order valence-electron chi connectivity index (χ2n) is 4.93. The number of aliphatic carboxylic acids is 2. The minimum atomic E-state index is -1.11. The molecule has 1 atom stereocenters. The van der Waals surface area contributed by atoms with Crippen LogP contribution in [0.4, 0.5) is 0 Å². The molecule has 0 heterocycles. The van der Waals surface area contributed by atoms with Gasteiger partial charge in [0.1, 0.15) is 0 Å². The van der Waals surface area contributed by atoms with Crippen molar-refractivity contribution >= 4 is 17.7 Å². The average molecular weight is 293 g/mol. The smallest absolute Gasteiger partial charge is 0.305 e. The van der Waals surface area contributed by atoms with Gasteiger partial charge in [-0.25, -0.2) is 0 Å². The summed E-state index contributed by atoms with van der Waals surface area (Å²) in [5, 5.41) is 20.2. The van der Waals surface area contributed by atoms with Crippen molar-refractivity contribution in [1.29, 1.82) is 0 Å². The lowest BCUT2D eigenvalue weighted by Gasteiger charge is -2.17. The van der Waals surface area contributed by atoms with Crippen LogP contribution >= 0.6 is 0 Å². The number of hydrogen-bond donors (Lipinski definition) is 3. The standard InChI is InChI=1S/C15H19NO5/c1-9-3-4-10(2)11(7-9)15(21)12(8-14(19)20)16-6-5-13(17)18/h3-4,7,12,16H,5-6,8H2,1-2H3,(H,17,18)(H,19,20). The van der Waals surface area contributed by atoms with E-state index in [2.05, 4.69) is 5.32 Å². The fourth-order valence-corrected chi connectivity index (χ4v) is 1.97. The third-order valence-corrected chi connectivity index (χ3v) is 3.08. The van der Waals surface area contributed by atoms with Crippen LogP contribution < -0.4 is 5.32 Å². The highest BCUT2D eigenvalue weighted by molar-refractivity contribution is 6.03. The second kappa shape index (κ2) is 7.54. The monoisotopic (exact) mass is 293 g/mol. The fourth-order valence-electron chi connectivity index (χ4n) is 1.97. The molecule has 0 amide bonds. The predicted octanol–water partition coefficient (Wildman–Crippen LogP) is 1.39. The Balaban J connectivity index is 2.90. The lowest BCUT2D eigenvalue weighted by molar-refractivity contribution is -0.137. The predicted molar refractivity (Wildman–Crippen MR) is 76.5 cm³/mol. The molecule has 1 rings (SSSR count). The molecule has 1 aromatic carbocycles. The van der Waals surface area contributed by atoms with E-state index in [1.807, 2.05) is 13.0 Å². The van der Waals surface area contributed by atoms with Crippen molar-refractivity contribution in [3.8, 4) is 0 Å². The fraction of sp³-hybridized carbons (Fsp3) is 0.400. The third kappa shape index (κ3) is 5.35. The summed E-state index contributed by atoms with van der Waals surface area (Å²) in [5.41, 5.74) is 2.13. The zero-order valence-corrected chi connectivity index (χ0v) is 12.0. The van der Waals surface area contributed by atoms with E-state index in [1.54, 1.807) is 19.1 Å². The van der Waals surface area contributed by atoms with Gasteiger partial charge in [0.05, 0.1) is 18.9 Å². The number of benzene rings is 1. The molecule has 6 heteroatoms. The molecular formula is C15H19NO5. The number of hydrogen-bond acceptors (Lipinski definition) is 4. The molecule has 21 heavy (non-hydrogen) atoms. The first-order chi connectivity index (χ1) is 9.81. The zero-order valence-electron chi connectivity index (χ0n) is 12.0. The van der Waals surface area contributed by atoms with Gasteiger partial charge in [-0.05, 0) is 25.5 Å². The van der Waals surface area contributed by atoms with Crippen molar-refractivity contribution in [2.24, 2.45) is 0 Å². The van der Waals surface area contributed by atoms with Crippen LogP contribution in [-0.2, 0) is 9.59 Å². The Bertz CT molecular complexity index is 553. The molecule has 0 aliphatic rings. The van der Waals surface area contributed by atoms with Crippen LogP contribution in [-0.4, -0.2) is 40.5 Å². The summed E-state index contributed by atoms with van der Waals surface area (Å²) in [6.45, 7) is 3.67. The molecule has 0 spiro atoms. The molecule has 0 fully saturated rings. The molecule has 3 N–H and O–H groups in total. The normalized spacial score (nSPS) is 11.9. The maximum Gasteiger partial charge on any atom is 0.305 e. The number of carbonyl (C=O) groups excluding carboxylic acids is 1. The van der Waals surface area contributed by atoms with Crippen molar-refractivity contribution in [2.45, 2.75) is 32.7 Å². The number of Topliss-reactive ketones (excluding diaryl/α,β-unsaturated/α-hetero) is 1. The molecule has 0 aromatic heterocycles. The maximum atomic E-state index is 12.5. The molecule has 6 nitrogen and oxygen atoms in total. The van der Waals surface area contributed by atoms with Crippen molar-refractivity contribution in [3.63, 3.8) is 0 Å². The first-order valence-electron chi connectivity index (χ1n) is 6.59. The van der Waals surface area contributed by atoms with Gasteiger partial charge in [0.25, 0.3) is 0 Å². The first kappa shape index (κ1) is 16.8. The van der Waals surface area contributed by atoms with Gasteiger partial charge in [0.2, 0.25) is 0 Å². The number of nitrogens with one attached hydrogen (secondary N) is 1. The summed E-state index contributed by atoms with van der Waals surface area (Å²) < 4.78 is 0. The number of carbonyl (C=O) groups is 3. The Morgan fingerprint density at radius 1 is 1.14 bits per heavy atom. The van der Waals surface area contributed by atoms with E-state index in [0.717, 1.165) is 11.1 Å². The molecule has 1 aromatic rings. The van der Waals surface area contributed by atoms with Crippen LogP contribution in [0.2, 0.25) is 0 Å². The summed E-state index contributed by atoms with van der Waals surface area (Å²) in [7, 11) is 0. The number of carboxylic acids is 2. The quantitative estimate of drug-likeness (QED) is 0.626. The molecule has 114 valence electrons. The zero-order chi connectivity index (χ0) is 16.0. The Morgan fingerprint density at radius 2 is 1.81 bits per heavy atom. The highest BCUT2D eigenvalue weighted by atomic mass is 16.4. The van der Waals surface area contributed by atoms with E-state index >= 15 is 0 Å². The van der Waals surface area contributed by atoms with Crippen molar-refractivity contribution in [3.05, 3.63) is 34.9 Å². The molecule has 0 saturated carbocycles. The van der Waals surface area contributed by atoms with Crippen LogP contribution in [0.15, 0.2) is 18.2 Å². The van der Waals surface area contributed by atoms with Gasteiger partial charge < -0.3 is 15.5 Å². The highest BCUT2D eigenvalue weighted by Crippen LogP contribution is 2.14. The van der Waals surface area contributed by atoms with Crippen LogP contribution in [0.1, 0.15) is 34.3 Å². The summed E-state index contributed by atoms with van der Waals surface area (Å²) >= 11 is 0. The first-order valence-corrected chi connectivity index (χ1v) is 6.59. The minimum absolute atomic E-state index is 0.0455. The summed E-state index contributed by atoms with van der Waals surface area (Å²) in [6, 6.07) is 4.46. The molecule has 0 saturated heterocycles. The van der Waals surface area contributed by atoms with Gasteiger partial charge in [0.15, 0.2) is 5.78 Å². The van der Waals surface area contributed by atoms with Crippen LogP contribution in [0.5, 0.6) is 0 Å². The highest BCUT2D eigenvalue weighted by Gasteiger charge is 2.24. The topological polar surface area (TPSA) is 104 Å². The number of ketones is 1. The van der Waals surface area contributed by atoms with Crippen LogP contribution in [0.25, 0.3) is 0 Å². The summed E-state index contributed by atoms with van der Waals surface area (Å²) in [4.78, 5) is 33.8. The largest absolute Gasteiger partial charge is 0.481 e.